The summed E-state index contributed by atoms with van der Waals surface area (Å²) in [7, 11) is 0. The van der Waals surface area contributed by atoms with Crippen molar-refractivity contribution in [1.82, 2.24) is 10.2 Å². The van der Waals surface area contributed by atoms with Gasteiger partial charge in [0.15, 0.2) is 0 Å². The third-order valence-electron chi connectivity index (χ3n) is 4.90. The van der Waals surface area contributed by atoms with Crippen LogP contribution in [0.15, 0.2) is 0 Å². The van der Waals surface area contributed by atoms with Crippen LogP contribution in [0.1, 0.15) is 52.9 Å². The molecule has 2 aliphatic heterocycles. The second-order valence-electron chi connectivity index (χ2n) is 6.63. The molecule has 7 nitrogen and oxygen atoms in total. The van der Waals surface area contributed by atoms with E-state index in [4.69, 9.17) is 9.47 Å². The van der Waals surface area contributed by atoms with Gasteiger partial charge in [-0.05, 0) is 32.6 Å². The number of carbonyl (C=O) groups is 3. The van der Waals surface area contributed by atoms with Gasteiger partial charge < -0.3 is 14.8 Å². The van der Waals surface area contributed by atoms with Gasteiger partial charge in [-0.25, -0.2) is 9.59 Å². The highest BCUT2D eigenvalue weighted by Crippen LogP contribution is 2.43. The highest BCUT2D eigenvalue weighted by molar-refractivity contribution is 5.90. The number of rotatable bonds is 6. The number of amides is 2. The number of nitrogens with zero attached hydrogens (tertiary/aromatic N) is 1. The fraction of sp³-hybridized carbons (Fsp3) is 0.824. The van der Waals surface area contributed by atoms with Crippen LogP contribution in [0.3, 0.4) is 0 Å². The molecule has 1 N–H and O–H groups in total. The summed E-state index contributed by atoms with van der Waals surface area (Å²) in [6.45, 7) is 6.51. The van der Waals surface area contributed by atoms with E-state index in [1.165, 1.54) is 4.90 Å². The largest absolute Gasteiger partial charge is 0.464 e. The molecule has 136 valence electrons. The lowest BCUT2D eigenvalue weighted by Gasteiger charge is -2.23. The summed E-state index contributed by atoms with van der Waals surface area (Å²) in [5.41, 5.74) is -0.706. The average Bonchev–Trinajstić information content (AvgIpc) is 3.09. The minimum Gasteiger partial charge on any atom is -0.464 e. The first-order chi connectivity index (χ1) is 11.5. The number of ether oxygens (including phenoxy) is 2. The number of hydrogen-bond acceptors (Lipinski definition) is 5. The minimum atomic E-state index is -0.750. The molecule has 1 spiro atoms. The van der Waals surface area contributed by atoms with Gasteiger partial charge in [-0.1, -0.05) is 20.3 Å². The maximum absolute atomic E-state index is 12.5. The summed E-state index contributed by atoms with van der Waals surface area (Å²) in [6.07, 6.45) is 2.92. The second-order valence-corrected chi connectivity index (χ2v) is 6.63. The van der Waals surface area contributed by atoms with Crippen LogP contribution < -0.4 is 5.32 Å². The average molecular weight is 340 g/mol. The summed E-state index contributed by atoms with van der Waals surface area (Å²) >= 11 is 0. The summed E-state index contributed by atoms with van der Waals surface area (Å²) in [4.78, 5) is 38.5. The van der Waals surface area contributed by atoms with E-state index in [1.807, 2.05) is 13.8 Å². The predicted octanol–water partition coefficient (Wildman–Crippen LogP) is 1.85. The van der Waals surface area contributed by atoms with Crippen molar-refractivity contribution in [1.29, 1.82) is 0 Å². The van der Waals surface area contributed by atoms with E-state index in [0.29, 0.717) is 19.4 Å². The van der Waals surface area contributed by atoms with Crippen LogP contribution in [-0.2, 0) is 19.1 Å². The normalized spacial score (nSPS) is 29.0. The van der Waals surface area contributed by atoms with Crippen LogP contribution in [-0.4, -0.2) is 54.7 Å². The van der Waals surface area contributed by atoms with Crippen molar-refractivity contribution in [3.8, 4) is 0 Å². The summed E-state index contributed by atoms with van der Waals surface area (Å²) < 4.78 is 10.4. The Morgan fingerprint density at radius 1 is 1.25 bits per heavy atom. The van der Waals surface area contributed by atoms with Gasteiger partial charge >= 0.3 is 12.1 Å². The smallest absolute Gasteiger partial charge is 0.410 e. The maximum atomic E-state index is 12.5. The fourth-order valence-electron chi connectivity index (χ4n) is 3.52. The third-order valence-corrected chi connectivity index (χ3v) is 4.90. The zero-order valence-electron chi connectivity index (χ0n) is 14.8. The molecule has 2 aliphatic rings. The number of unbranched alkanes of at least 4 members (excludes halogenated alkanes) is 1. The number of nitrogens with one attached hydrogen (secondary N) is 1. The third kappa shape index (κ3) is 3.65. The van der Waals surface area contributed by atoms with Crippen LogP contribution in [0.2, 0.25) is 0 Å². The van der Waals surface area contributed by atoms with E-state index < -0.39 is 23.5 Å². The van der Waals surface area contributed by atoms with E-state index in [0.717, 1.165) is 19.3 Å². The van der Waals surface area contributed by atoms with Crippen molar-refractivity contribution in [2.45, 2.75) is 65.0 Å². The second kappa shape index (κ2) is 7.85. The van der Waals surface area contributed by atoms with Gasteiger partial charge in [0.05, 0.1) is 18.6 Å². The zero-order chi connectivity index (χ0) is 17.7. The molecule has 2 fully saturated rings. The van der Waals surface area contributed by atoms with Crippen molar-refractivity contribution < 1.29 is 23.9 Å². The van der Waals surface area contributed by atoms with Crippen LogP contribution in [0.5, 0.6) is 0 Å². The van der Waals surface area contributed by atoms with Crippen molar-refractivity contribution in [3.05, 3.63) is 0 Å². The molecule has 0 aromatic rings. The highest BCUT2D eigenvalue weighted by atomic mass is 16.6. The summed E-state index contributed by atoms with van der Waals surface area (Å²) in [5, 5.41) is 2.97. The Hall–Kier alpha value is -1.79. The van der Waals surface area contributed by atoms with Crippen LogP contribution >= 0.6 is 0 Å². The Kier molecular flexibility index (Phi) is 6.07. The first-order valence-corrected chi connectivity index (χ1v) is 8.88. The molecule has 2 rings (SSSR count). The van der Waals surface area contributed by atoms with Gasteiger partial charge in [0.1, 0.15) is 6.04 Å². The Labute approximate surface area is 143 Å². The van der Waals surface area contributed by atoms with Gasteiger partial charge in [-0.15, -0.1) is 0 Å². The lowest BCUT2D eigenvalue weighted by Crippen LogP contribution is -2.42. The quantitative estimate of drug-likeness (QED) is 0.589. The van der Waals surface area contributed by atoms with Crippen LogP contribution in [0.25, 0.3) is 0 Å². The zero-order valence-corrected chi connectivity index (χ0v) is 14.8. The number of likely N-dealkylation sites (tertiary alicyclic amines) is 1. The first kappa shape index (κ1) is 18.5. The van der Waals surface area contributed by atoms with Crippen molar-refractivity contribution in [2.75, 3.05) is 19.8 Å². The Morgan fingerprint density at radius 3 is 2.58 bits per heavy atom. The van der Waals surface area contributed by atoms with Gasteiger partial charge in [-0.3, -0.25) is 9.69 Å². The topological polar surface area (TPSA) is 84.9 Å². The van der Waals surface area contributed by atoms with Gasteiger partial charge in [0, 0.05) is 12.6 Å². The molecule has 7 heteroatoms. The maximum Gasteiger partial charge on any atom is 0.410 e. The molecule has 0 aromatic carbocycles. The fourth-order valence-corrected chi connectivity index (χ4v) is 3.52. The van der Waals surface area contributed by atoms with Crippen LogP contribution in [0.4, 0.5) is 4.79 Å². The lowest BCUT2D eigenvalue weighted by molar-refractivity contribution is -0.148. The molecular weight excluding hydrogens is 312 g/mol. The minimum absolute atomic E-state index is 0.0764. The molecule has 0 saturated carbocycles. The number of hydrogen-bond donors (Lipinski definition) is 1. The molecule has 2 saturated heterocycles. The standard InChI is InChI=1S/C17H28N2O5/c1-4-7-8-24-16(22)19-11-17(9-12(5-2)18-15(17)21)10-13(19)14(20)23-6-3/h12-13H,4-11H2,1-3H3,(H,18,21)/t12?,13-,17-/m0/s1. The van der Waals surface area contributed by atoms with E-state index in [9.17, 15) is 14.4 Å². The van der Waals surface area contributed by atoms with Crippen molar-refractivity contribution in [2.24, 2.45) is 5.41 Å². The molecule has 24 heavy (non-hydrogen) atoms. The first-order valence-electron chi connectivity index (χ1n) is 8.88. The number of carbonyl (C=O) groups excluding carboxylic acids is 3. The Bertz CT molecular complexity index is 495. The van der Waals surface area contributed by atoms with Crippen LogP contribution in [0, 0.1) is 5.41 Å². The van der Waals surface area contributed by atoms with Crippen molar-refractivity contribution in [3.63, 3.8) is 0 Å². The molecular formula is C17H28N2O5. The molecule has 1 unspecified atom stereocenters. The summed E-state index contributed by atoms with van der Waals surface area (Å²) in [6, 6.07) is -0.656. The van der Waals surface area contributed by atoms with E-state index in [2.05, 4.69) is 5.32 Å². The van der Waals surface area contributed by atoms with E-state index >= 15 is 0 Å². The molecule has 0 aromatic heterocycles. The Morgan fingerprint density at radius 2 is 2.00 bits per heavy atom. The summed E-state index contributed by atoms with van der Waals surface area (Å²) in [5.74, 6) is -0.540. The number of esters is 1. The molecule has 2 amide bonds. The van der Waals surface area contributed by atoms with E-state index in [-0.39, 0.29) is 25.1 Å². The van der Waals surface area contributed by atoms with E-state index in [1.54, 1.807) is 6.92 Å². The Balaban J connectivity index is 2.15. The lowest BCUT2D eigenvalue weighted by atomic mass is 9.82. The molecule has 3 atom stereocenters. The van der Waals surface area contributed by atoms with Crippen molar-refractivity contribution >= 4 is 18.0 Å². The van der Waals surface area contributed by atoms with Gasteiger partial charge in [0.2, 0.25) is 5.91 Å². The van der Waals surface area contributed by atoms with Gasteiger partial charge in [-0.2, -0.15) is 0 Å². The molecule has 0 aliphatic carbocycles. The molecule has 0 radical (unpaired) electrons. The SMILES string of the molecule is CCCCOC(=O)N1C[C@]2(CC(CC)NC2=O)C[C@H]1C(=O)OCC. The monoisotopic (exact) mass is 340 g/mol. The van der Waals surface area contributed by atoms with Gasteiger partial charge in [0.25, 0.3) is 0 Å². The predicted molar refractivity (Wildman–Crippen MR) is 87.3 cm³/mol. The molecule has 2 heterocycles. The molecule has 0 bridgehead atoms. The highest BCUT2D eigenvalue weighted by Gasteiger charge is 2.57.